The van der Waals surface area contributed by atoms with Gasteiger partial charge in [0, 0.05) is 0 Å². The summed E-state index contributed by atoms with van der Waals surface area (Å²) in [5, 5.41) is 0. The van der Waals surface area contributed by atoms with Crippen molar-refractivity contribution in [2.75, 3.05) is 0 Å². The third-order valence-electron chi connectivity index (χ3n) is 3.14. The first-order valence-corrected chi connectivity index (χ1v) is 6.34. The van der Waals surface area contributed by atoms with Gasteiger partial charge in [-0.05, 0) is 37.5 Å². The van der Waals surface area contributed by atoms with Crippen molar-refractivity contribution in [2.45, 2.75) is 34.0 Å². The number of rotatable bonds is 4. The van der Waals surface area contributed by atoms with Gasteiger partial charge in [0.15, 0.2) is 0 Å². The van der Waals surface area contributed by atoms with Crippen molar-refractivity contribution in [2.24, 2.45) is 0 Å². The van der Waals surface area contributed by atoms with E-state index in [9.17, 15) is 0 Å². The molecule has 2 rings (SSSR count). The van der Waals surface area contributed by atoms with E-state index >= 15 is 0 Å². The van der Waals surface area contributed by atoms with Crippen molar-refractivity contribution in [3.8, 4) is 0 Å². The molecule has 0 N–H and O–H groups in total. The summed E-state index contributed by atoms with van der Waals surface area (Å²) < 4.78 is 5.77. The van der Waals surface area contributed by atoms with E-state index in [-0.39, 0.29) is 0 Å². The molecule has 0 bridgehead atoms. The van der Waals surface area contributed by atoms with Crippen LogP contribution in [0.25, 0.3) is 0 Å². The molecule has 0 atom stereocenters. The monoisotopic (exact) mass is 240 g/mol. The van der Waals surface area contributed by atoms with Crippen LogP contribution in [0.4, 0.5) is 0 Å². The summed E-state index contributed by atoms with van der Waals surface area (Å²) in [7, 11) is 0. The Bertz CT molecular complexity index is 512. The Balaban J connectivity index is 1.90. The first kappa shape index (κ1) is 12.8. The second-order valence-electron chi connectivity index (χ2n) is 4.91. The molecule has 2 aromatic carbocycles. The summed E-state index contributed by atoms with van der Waals surface area (Å²) in [5.41, 5.74) is 6.39. The molecule has 0 amide bonds. The van der Waals surface area contributed by atoms with Gasteiger partial charge in [-0.3, -0.25) is 0 Å². The summed E-state index contributed by atoms with van der Waals surface area (Å²) >= 11 is 0. The molecule has 0 aliphatic heterocycles. The lowest BCUT2D eigenvalue weighted by Crippen LogP contribution is -1.96. The van der Waals surface area contributed by atoms with Crippen molar-refractivity contribution < 1.29 is 4.74 Å². The van der Waals surface area contributed by atoms with Crippen LogP contribution in [0.5, 0.6) is 0 Å². The number of hydrogen-bond donors (Lipinski definition) is 0. The largest absolute Gasteiger partial charge is 0.372 e. The molecule has 18 heavy (non-hydrogen) atoms. The third-order valence-corrected chi connectivity index (χ3v) is 3.14. The summed E-state index contributed by atoms with van der Waals surface area (Å²) in [6.07, 6.45) is 0. The smallest absolute Gasteiger partial charge is 0.0724 e. The molecule has 0 spiro atoms. The summed E-state index contributed by atoms with van der Waals surface area (Å²) in [4.78, 5) is 0. The van der Waals surface area contributed by atoms with Gasteiger partial charge in [0.25, 0.3) is 0 Å². The number of ether oxygens (including phenoxy) is 1. The van der Waals surface area contributed by atoms with Gasteiger partial charge in [-0.15, -0.1) is 0 Å². The van der Waals surface area contributed by atoms with Crippen LogP contribution in [0.2, 0.25) is 0 Å². The fraction of sp³-hybridized carbons (Fsp3) is 0.294. The van der Waals surface area contributed by atoms with Crippen LogP contribution in [0.15, 0.2) is 42.5 Å². The van der Waals surface area contributed by atoms with Crippen LogP contribution >= 0.6 is 0 Å². The van der Waals surface area contributed by atoms with Gasteiger partial charge in [-0.2, -0.15) is 0 Å². The lowest BCUT2D eigenvalue weighted by atomic mass is 10.1. The van der Waals surface area contributed by atoms with Gasteiger partial charge in [0.2, 0.25) is 0 Å². The highest BCUT2D eigenvalue weighted by atomic mass is 16.5. The molecule has 0 unspecified atom stereocenters. The average molecular weight is 240 g/mol. The highest BCUT2D eigenvalue weighted by Gasteiger charge is 1.99. The number of benzene rings is 2. The lowest BCUT2D eigenvalue weighted by Gasteiger charge is -2.08. The molecule has 0 aromatic heterocycles. The normalized spacial score (nSPS) is 10.6. The van der Waals surface area contributed by atoms with Gasteiger partial charge in [-0.25, -0.2) is 0 Å². The van der Waals surface area contributed by atoms with Crippen LogP contribution in [0.1, 0.15) is 27.8 Å². The van der Waals surface area contributed by atoms with E-state index in [0.717, 1.165) is 0 Å². The molecule has 0 radical (unpaired) electrons. The van der Waals surface area contributed by atoms with E-state index in [1.807, 2.05) is 0 Å². The summed E-state index contributed by atoms with van der Waals surface area (Å²) in [5.74, 6) is 0. The Morgan fingerprint density at radius 3 is 2.11 bits per heavy atom. The predicted molar refractivity (Wildman–Crippen MR) is 75.6 cm³/mol. The summed E-state index contributed by atoms with van der Waals surface area (Å²) in [6.45, 7) is 7.70. The second kappa shape index (κ2) is 5.83. The molecule has 0 aliphatic rings. The zero-order chi connectivity index (χ0) is 13.0. The van der Waals surface area contributed by atoms with Crippen LogP contribution in [-0.2, 0) is 18.0 Å². The zero-order valence-corrected chi connectivity index (χ0v) is 11.4. The maximum Gasteiger partial charge on any atom is 0.0724 e. The molecule has 94 valence electrons. The molecule has 0 aliphatic carbocycles. The van der Waals surface area contributed by atoms with Crippen molar-refractivity contribution in [1.29, 1.82) is 0 Å². The Hall–Kier alpha value is -1.60. The maximum absolute atomic E-state index is 5.77. The minimum atomic E-state index is 0.674. The van der Waals surface area contributed by atoms with E-state index in [4.69, 9.17) is 4.74 Å². The third kappa shape index (κ3) is 3.44. The number of aryl methyl sites for hydroxylation is 3. The van der Waals surface area contributed by atoms with E-state index < -0.39 is 0 Å². The lowest BCUT2D eigenvalue weighted by molar-refractivity contribution is 0.107. The maximum atomic E-state index is 5.77. The van der Waals surface area contributed by atoms with E-state index in [1.165, 1.54) is 27.8 Å². The van der Waals surface area contributed by atoms with Crippen LogP contribution in [-0.4, -0.2) is 0 Å². The zero-order valence-electron chi connectivity index (χ0n) is 11.4. The Morgan fingerprint density at radius 2 is 1.44 bits per heavy atom. The van der Waals surface area contributed by atoms with Crippen LogP contribution < -0.4 is 0 Å². The predicted octanol–water partition coefficient (Wildman–Crippen LogP) is 4.33. The minimum Gasteiger partial charge on any atom is -0.372 e. The van der Waals surface area contributed by atoms with Gasteiger partial charge in [0.1, 0.15) is 0 Å². The standard InChI is InChI=1S/C17H20O/c1-13-4-7-16(8-5-13)11-18-12-17-9-6-14(2)10-15(17)3/h4-10H,11-12H2,1-3H3. The average Bonchev–Trinajstić information content (AvgIpc) is 2.34. The fourth-order valence-electron chi connectivity index (χ4n) is 1.97. The first-order valence-electron chi connectivity index (χ1n) is 6.34. The SMILES string of the molecule is Cc1ccc(COCc2ccc(C)cc2C)cc1. The highest BCUT2D eigenvalue weighted by molar-refractivity contribution is 5.29. The minimum absolute atomic E-state index is 0.674. The van der Waals surface area contributed by atoms with Gasteiger partial charge in [-0.1, -0.05) is 53.6 Å². The van der Waals surface area contributed by atoms with Crippen molar-refractivity contribution in [3.05, 3.63) is 70.3 Å². The molecule has 1 heteroatoms. The van der Waals surface area contributed by atoms with Crippen molar-refractivity contribution in [3.63, 3.8) is 0 Å². The molecular weight excluding hydrogens is 220 g/mol. The van der Waals surface area contributed by atoms with Crippen molar-refractivity contribution >= 4 is 0 Å². The molecule has 2 aromatic rings. The molecule has 0 saturated carbocycles. The van der Waals surface area contributed by atoms with Gasteiger partial charge >= 0.3 is 0 Å². The van der Waals surface area contributed by atoms with Crippen LogP contribution in [0.3, 0.4) is 0 Å². The van der Waals surface area contributed by atoms with Gasteiger partial charge < -0.3 is 4.74 Å². The van der Waals surface area contributed by atoms with E-state index in [1.54, 1.807) is 0 Å². The molecule has 0 heterocycles. The van der Waals surface area contributed by atoms with Gasteiger partial charge in [0.05, 0.1) is 13.2 Å². The highest BCUT2D eigenvalue weighted by Crippen LogP contribution is 2.13. The first-order chi connectivity index (χ1) is 8.65. The Kier molecular flexibility index (Phi) is 4.16. The molecule has 1 nitrogen and oxygen atoms in total. The Labute approximate surface area is 109 Å². The molecule has 0 fully saturated rings. The summed E-state index contributed by atoms with van der Waals surface area (Å²) in [6, 6.07) is 15.0. The number of hydrogen-bond acceptors (Lipinski definition) is 1. The van der Waals surface area contributed by atoms with Crippen LogP contribution in [0, 0.1) is 20.8 Å². The second-order valence-corrected chi connectivity index (χ2v) is 4.91. The molecule has 0 saturated heterocycles. The quantitative estimate of drug-likeness (QED) is 0.773. The van der Waals surface area contributed by atoms with E-state index in [2.05, 4.69) is 63.2 Å². The molecular formula is C17H20O. The Morgan fingerprint density at radius 1 is 0.778 bits per heavy atom. The fourth-order valence-corrected chi connectivity index (χ4v) is 1.97. The van der Waals surface area contributed by atoms with E-state index in [0.29, 0.717) is 13.2 Å². The van der Waals surface area contributed by atoms with Crippen molar-refractivity contribution in [1.82, 2.24) is 0 Å². The topological polar surface area (TPSA) is 9.23 Å².